The average molecular weight is 439 g/mol. The number of oxazole rings is 1. The van der Waals surface area contributed by atoms with Crippen LogP contribution < -0.4 is 14.8 Å². The Balaban J connectivity index is 1.72. The van der Waals surface area contributed by atoms with Gasteiger partial charge in [-0.2, -0.15) is 17.7 Å². The number of methoxy groups -OCH3 is 1. The molecule has 2 aromatic rings. The summed E-state index contributed by atoms with van der Waals surface area (Å²) in [6, 6.07) is 5.65. The largest absolute Gasteiger partial charge is 0.497 e. The molecular weight excluding hydrogens is 412 g/mol. The zero-order valence-electron chi connectivity index (χ0n) is 17.2. The van der Waals surface area contributed by atoms with Crippen LogP contribution in [0.3, 0.4) is 0 Å². The highest BCUT2D eigenvalue weighted by Crippen LogP contribution is 2.30. The summed E-state index contributed by atoms with van der Waals surface area (Å²) in [5.41, 5.74) is 1.57. The van der Waals surface area contributed by atoms with Gasteiger partial charge in [-0.1, -0.05) is 19.9 Å². The fourth-order valence-corrected chi connectivity index (χ4v) is 4.17. The maximum atomic E-state index is 12.5. The number of aromatic nitrogens is 1. The van der Waals surface area contributed by atoms with Crippen LogP contribution in [0.25, 0.3) is 0 Å². The summed E-state index contributed by atoms with van der Waals surface area (Å²) >= 11 is 0. The molecule has 1 aliphatic heterocycles. The summed E-state index contributed by atoms with van der Waals surface area (Å²) in [7, 11) is -2.43. The molecule has 2 N–H and O–H groups in total. The van der Waals surface area contributed by atoms with Gasteiger partial charge in [0.15, 0.2) is 5.69 Å². The molecular formula is C19H26N4O6S. The quantitative estimate of drug-likeness (QED) is 0.675. The highest BCUT2D eigenvalue weighted by Gasteiger charge is 2.27. The van der Waals surface area contributed by atoms with Crippen molar-refractivity contribution in [3.63, 3.8) is 0 Å². The fourth-order valence-electron chi connectivity index (χ4n) is 3.02. The first-order chi connectivity index (χ1) is 14.3. The molecule has 1 aromatic carbocycles. The molecule has 0 aliphatic carbocycles. The van der Waals surface area contributed by atoms with Crippen molar-refractivity contribution in [2.75, 3.05) is 38.7 Å². The van der Waals surface area contributed by atoms with Gasteiger partial charge in [0, 0.05) is 31.5 Å². The van der Waals surface area contributed by atoms with Gasteiger partial charge < -0.3 is 19.2 Å². The lowest BCUT2D eigenvalue weighted by Crippen LogP contribution is -2.44. The minimum Gasteiger partial charge on any atom is -0.497 e. The molecule has 1 aromatic heterocycles. The maximum Gasteiger partial charge on any atom is 0.304 e. The molecule has 0 unspecified atom stereocenters. The Morgan fingerprint density at radius 2 is 2.07 bits per heavy atom. The molecule has 164 valence electrons. The molecule has 0 radical (unpaired) electrons. The van der Waals surface area contributed by atoms with Crippen LogP contribution in [-0.4, -0.2) is 57.0 Å². The third-order valence-electron chi connectivity index (χ3n) is 4.60. The highest BCUT2D eigenvalue weighted by molar-refractivity contribution is 7.87. The molecule has 2 heterocycles. The second-order valence-corrected chi connectivity index (χ2v) is 8.74. The number of carbonyl (C=O) groups is 1. The van der Waals surface area contributed by atoms with E-state index < -0.39 is 16.1 Å². The third kappa shape index (κ3) is 5.29. The monoisotopic (exact) mass is 438 g/mol. The van der Waals surface area contributed by atoms with Crippen molar-refractivity contribution in [1.82, 2.24) is 14.0 Å². The number of hydrogen-bond donors (Lipinski definition) is 2. The Morgan fingerprint density at radius 1 is 1.27 bits per heavy atom. The van der Waals surface area contributed by atoms with Crippen LogP contribution in [0.1, 0.15) is 42.2 Å². The second-order valence-electron chi connectivity index (χ2n) is 7.07. The van der Waals surface area contributed by atoms with E-state index in [4.69, 9.17) is 13.9 Å². The minimum atomic E-state index is -4.00. The van der Waals surface area contributed by atoms with E-state index in [1.54, 1.807) is 13.2 Å². The van der Waals surface area contributed by atoms with Crippen LogP contribution in [-0.2, 0) is 14.9 Å². The van der Waals surface area contributed by atoms with Gasteiger partial charge in [0.05, 0.1) is 13.7 Å². The van der Waals surface area contributed by atoms with Crippen molar-refractivity contribution in [2.45, 2.75) is 26.2 Å². The Morgan fingerprint density at radius 3 is 2.80 bits per heavy atom. The molecule has 30 heavy (non-hydrogen) atoms. The molecule has 1 fully saturated rings. The van der Waals surface area contributed by atoms with Crippen LogP contribution >= 0.6 is 0 Å². The lowest BCUT2D eigenvalue weighted by molar-refractivity contribution is 0.0973. The van der Waals surface area contributed by atoms with E-state index >= 15 is 0 Å². The normalized spacial score (nSPS) is 15.6. The number of ether oxygens (including phenoxy) is 2. The SMILES string of the molecule is COc1ccc(C(C)C)c(Nc2nc(C(=O)NS(=O)(=O)N3CCCOCC3)co2)c1. The van der Waals surface area contributed by atoms with Crippen molar-refractivity contribution < 1.29 is 27.1 Å². The first kappa shape index (κ1) is 22.1. The van der Waals surface area contributed by atoms with E-state index in [0.717, 1.165) is 17.5 Å². The number of nitrogens with zero attached hydrogens (tertiary/aromatic N) is 2. The summed E-state index contributed by atoms with van der Waals surface area (Å²) in [5, 5.41) is 3.02. The Labute approximate surface area is 175 Å². The standard InChI is InChI=1S/C19H26N4O6S/c1-13(2)15-6-5-14(27-3)11-16(15)20-19-21-17(12-29-19)18(24)22-30(25,26)23-7-4-9-28-10-8-23/h5-6,11-13H,4,7-10H2,1-3H3,(H,20,21)(H,22,24). The van der Waals surface area contributed by atoms with Gasteiger partial charge in [-0.3, -0.25) is 4.79 Å². The number of rotatable bonds is 7. The zero-order valence-corrected chi connectivity index (χ0v) is 18.0. The lowest BCUT2D eigenvalue weighted by atomic mass is 10.0. The second kappa shape index (κ2) is 9.45. The van der Waals surface area contributed by atoms with E-state index in [-0.39, 0.29) is 37.3 Å². The van der Waals surface area contributed by atoms with Crippen molar-refractivity contribution in [3.8, 4) is 5.75 Å². The van der Waals surface area contributed by atoms with E-state index in [2.05, 4.69) is 10.3 Å². The Hall–Kier alpha value is -2.63. The van der Waals surface area contributed by atoms with Gasteiger partial charge in [-0.05, 0) is 24.0 Å². The molecule has 10 nitrogen and oxygen atoms in total. The van der Waals surface area contributed by atoms with Gasteiger partial charge in [0.2, 0.25) is 0 Å². The summed E-state index contributed by atoms with van der Waals surface area (Å²) in [4.78, 5) is 16.5. The fraction of sp³-hybridized carbons (Fsp3) is 0.474. The van der Waals surface area contributed by atoms with Crippen LogP contribution in [0.2, 0.25) is 0 Å². The summed E-state index contributed by atoms with van der Waals surface area (Å²) in [5.74, 6) is 0.00419. The number of nitrogens with one attached hydrogen (secondary N) is 2. The smallest absolute Gasteiger partial charge is 0.304 e. The Kier molecular flexibility index (Phi) is 6.95. The topological polar surface area (TPSA) is 123 Å². The minimum absolute atomic E-state index is 0.0656. The number of hydrogen-bond acceptors (Lipinski definition) is 8. The van der Waals surface area contributed by atoms with Gasteiger partial charge in [-0.15, -0.1) is 0 Å². The summed E-state index contributed by atoms with van der Waals surface area (Å²) < 4.78 is 44.0. The first-order valence-corrected chi connectivity index (χ1v) is 11.0. The predicted octanol–water partition coefficient (Wildman–Crippen LogP) is 2.25. The van der Waals surface area contributed by atoms with Gasteiger partial charge in [-0.25, -0.2) is 4.72 Å². The molecule has 1 aliphatic rings. The van der Waals surface area contributed by atoms with Crippen molar-refractivity contribution in [1.29, 1.82) is 0 Å². The highest BCUT2D eigenvalue weighted by atomic mass is 32.2. The zero-order chi connectivity index (χ0) is 21.7. The number of anilines is 2. The van der Waals surface area contributed by atoms with E-state index in [9.17, 15) is 13.2 Å². The molecule has 1 amide bonds. The average Bonchev–Trinajstić information content (AvgIpc) is 2.98. The van der Waals surface area contributed by atoms with Crippen LogP contribution in [0.5, 0.6) is 5.75 Å². The molecule has 0 saturated carbocycles. The predicted molar refractivity (Wildman–Crippen MR) is 110 cm³/mol. The van der Waals surface area contributed by atoms with E-state index in [1.807, 2.05) is 30.7 Å². The van der Waals surface area contributed by atoms with Crippen LogP contribution in [0.4, 0.5) is 11.7 Å². The van der Waals surface area contributed by atoms with Crippen molar-refractivity contribution >= 4 is 27.8 Å². The van der Waals surface area contributed by atoms with E-state index in [0.29, 0.717) is 18.8 Å². The van der Waals surface area contributed by atoms with Gasteiger partial charge >= 0.3 is 10.2 Å². The molecule has 1 saturated heterocycles. The van der Waals surface area contributed by atoms with Gasteiger partial charge in [0.1, 0.15) is 12.0 Å². The van der Waals surface area contributed by atoms with Gasteiger partial charge in [0.25, 0.3) is 11.9 Å². The van der Waals surface area contributed by atoms with E-state index in [1.165, 1.54) is 4.31 Å². The van der Waals surface area contributed by atoms with Crippen LogP contribution in [0.15, 0.2) is 28.9 Å². The maximum absolute atomic E-state index is 12.5. The molecule has 0 bridgehead atoms. The summed E-state index contributed by atoms with van der Waals surface area (Å²) in [6.45, 7) is 5.32. The molecule has 3 rings (SSSR count). The molecule has 0 atom stereocenters. The third-order valence-corrected chi connectivity index (χ3v) is 6.09. The van der Waals surface area contributed by atoms with Crippen molar-refractivity contribution in [2.24, 2.45) is 0 Å². The number of carbonyl (C=O) groups excluding carboxylic acids is 1. The Bertz CT molecular complexity index is 981. The lowest BCUT2D eigenvalue weighted by Gasteiger charge is -2.18. The van der Waals surface area contributed by atoms with Crippen LogP contribution in [0, 0.1) is 0 Å². The van der Waals surface area contributed by atoms with Crippen molar-refractivity contribution in [3.05, 3.63) is 35.7 Å². The first-order valence-electron chi connectivity index (χ1n) is 9.60. The molecule has 11 heteroatoms. The molecule has 0 spiro atoms. The summed E-state index contributed by atoms with van der Waals surface area (Å²) in [6.07, 6.45) is 1.67. The number of amides is 1. The number of benzene rings is 1.